The number of alkyl halides is 3. The number of carbonyl (C=O) groups is 1. The molecule has 2 N–H and O–H groups in total. The molecule has 1 amide bonds. The zero-order chi connectivity index (χ0) is 20.6. The molecule has 0 aliphatic heterocycles. The van der Waals surface area contributed by atoms with Crippen LogP contribution < -0.4 is 5.32 Å². The van der Waals surface area contributed by atoms with Crippen LogP contribution in [0.4, 0.5) is 19.1 Å². The third-order valence-electron chi connectivity index (χ3n) is 4.70. The van der Waals surface area contributed by atoms with Crippen molar-refractivity contribution >= 4 is 23.5 Å². The van der Waals surface area contributed by atoms with Crippen molar-refractivity contribution in [2.24, 2.45) is 0 Å². The molecule has 4 rings (SSSR count). The van der Waals surface area contributed by atoms with Gasteiger partial charge in [-0.2, -0.15) is 23.3 Å². The van der Waals surface area contributed by atoms with Gasteiger partial charge in [-0.1, -0.05) is 18.0 Å². The summed E-state index contributed by atoms with van der Waals surface area (Å²) in [5.41, 5.74) is 2.63. The summed E-state index contributed by atoms with van der Waals surface area (Å²) in [5, 5.41) is 12.5. The predicted molar refractivity (Wildman–Crippen MR) is 99.2 cm³/mol. The number of H-pyrrole nitrogens is 1. The highest BCUT2D eigenvalue weighted by Crippen LogP contribution is 2.28. The number of aromatic nitrogens is 5. The Morgan fingerprint density at radius 2 is 1.86 bits per heavy atom. The van der Waals surface area contributed by atoms with Gasteiger partial charge < -0.3 is 0 Å². The zero-order valence-corrected chi connectivity index (χ0v) is 15.8. The Balaban J connectivity index is 1.68. The van der Waals surface area contributed by atoms with Crippen LogP contribution in [0.5, 0.6) is 0 Å². The minimum absolute atomic E-state index is 0.162. The molecule has 1 aliphatic rings. The quantitative estimate of drug-likeness (QED) is 0.617. The van der Waals surface area contributed by atoms with E-state index < -0.39 is 23.9 Å². The van der Waals surface area contributed by atoms with Gasteiger partial charge in [0.05, 0.1) is 5.69 Å². The van der Waals surface area contributed by atoms with Gasteiger partial charge in [0.15, 0.2) is 5.69 Å². The van der Waals surface area contributed by atoms with Crippen LogP contribution in [0, 0.1) is 0 Å². The first kappa shape index (κ1) is 19.4. The second-order valence-electron chi connectivity index (χ2n) is 6.68. The van der Waals surface area contributed by atoms with Gasteiger partial charge in [-0.25, -0.2) is 4.68 Å². The lowest BCUT2D eigenvalue weighted by Gasteiger charge is -2.07. The fourth-order valence-electron chi connectivity index (χ4n) is 3.36. The number of rotatable bonds is 3. The Morgan fingerprint density at radius 3 is 2.55 bits per heavy atom. The molecule has 2 aromatic heterocycles. The zero-order valence-electron chi connectivity index (χ0n) is 15.1. The number of aromatic amines is 1. The molecule has 0 unspecified atom stereocenters. The molecule has 0 spiro atoms. The Bertz CT molecular complexity index is 1040. The SMILES string of the molecule is O=C(Nc1n[nH]c(C(F)(F)F)n1)c1nn(-c2ccc(Cl)cc2)c2c1CCCCC2. The summed E-state index contributed by atoms with van der Waals surface area (Å²) in [5.74, 6) is -2.38. The molecular weight excluding hydrogens is 409 g/mol. The minimum atomic E-state index is -4.68. The fourth-order valence-corrected chi connectivity index (χ4v) is 3.49. The first-order valence-electron chi connectivity index (χ1n) is 9.00. The third-order valence-corrected chi connectivity index (χ3v) is 4.95. The molecule has 29 heavy (non-hydrogen) atoms. The molecule has 0 bridgehead atoms. The van der Waals surface area contributed by atoms with Crippen LogP contribution in [0.3, 0.4) is 0 Å². The van der Waals surface area contributed by atoms with E-state index in [9.17, 15) is 18.0 Å². The monoisotopic (exact) mass is 424 g/mol. The Morgan fingerprint density at radius 1 is 1.14 bits per heavy atom. The van der Waals surface area contributed by atoms with E-state index >= 15 is 0 Å². The van der Waals surface area contributed by atoms with Crippen molar-refractivity contribution < 1.29 is 18.0 Å². The van der Waals surface area contributed by atoms with Crippen LogP contribution in [-0.4, -0.2) is 30.9 Å². The van der Waals surface area contributed by atoms with E-state index in [1.807, 2.05) is 0 Å². The number of nitrogens with zero attached hydrogens (tertiary/aromatic N) is 4. The van der Waals surface area contributed by atoms with Crippen molar-refractivity contribution in [2.75, 3.05) is 5.32 Å². The smallest absolute Gasteiger partial charge is 0.288 e. The highest BCUT2D eigenvalue weighted by Gasteiger charge is 2.35. The molecule has 0 atom stereocenters. The van der Waals surface area contributed by atoms with Crippen LogP contribution in [0.15, 0.2) is 24.3 Å². The van der Waals surface area contributed by atoms with Crippen molar-refractivity contribution in [1.82, 2.24) is 25.0 Å². The van der Waals surface area contributed by atoms with Crippen LogP contribution in [0.2, 0.25) is 5.02 Å². The number of benzene rings is 1. The number of carbonyl (C=O) groups excluding carboxylic acids is 1. The highest BCUT2D eigenvalue weighted by atomic mass is 35.5. The predicted octanol–water partition coefficient (Wildman–Crippen LogP) is 4.18. The molecule has 2 heterocycles. The number of amides is 1. The summed E-state index contributed by atoms with van der Waals surface area (Å²) < 4.78 is 39.7. The van der Waals surface area contributed by atoms with E-state index in [2.05, 4.69) is 20.5 Å². The molecule has 0 saturated heterocycles. The molecule has 0 radical (unpaired) electrons. The average molecular weight is 425 g/mol. The molecule has 7 nitrogen and oxygen atoms in total. The summed E-state index contributed by atoms with van der Waals surface area (Å²) in [6.45, 7) is 0. The van der Waals surface area contributed by atoms with Gasteiger partial charge in [0.1, 0.15) is 0 Å². The molecule has 152 valence electrons. The molecule has 0 saturated carbocycles. The summed E-state index contributed by atoms with van der Waals surface area (Å²) in [7, 11) is 0. The number of fused-ring (bicyclic) bond motifs is 1. The topological polar surface area (TPSA) is 88.5 Å². The van der Waals surface area contributed by atoms with Gasteiger partial charge in [0, 0.05) is 16.3 Å². The van der Waals surface area contributed by atoms with E-state index in [-0.39, 0.29) is 5.69 Å². The van der Waals surface area contributed by atoms with Gasteiger partial charge in [-0.15, -0.1) is 5.10 Å². The van der Waals surface area contributed by atoms with E-state index in [1.54, 1.807) is 34.0 Å². The van der Waals surface area contributed by atoms with Crippen molar-refractivity contribution in [3.05, 3.63) is 52.1 Å². The molecule has 3 aromatic rings. The second-order valence-corrected chi connectivity index (χ2v) is 7.12. The fraction of sp³-hybridized carbons (Fsp3) is 0.333. The summed E-state index contributed by atoms with van der Waals surface area (Å²) in [6.07, 6.45) is -0.387. The first-order valence-corrected chi connectivity index (χ1v) is 9.38. The van der Waals surface area contributed by atoms with Crippen LogP contribution in [0.1, 0.15) is 46.8 Å². The highest BCUT2D eigenvalue weighted by molar-refractivity contribution is 6.30. The van der Waals surface area contributed by atoms with Gasteiger partial charge >= 0.3 is 6.18 Å². The summed E-state index contributed by atoms with van der Waals surface area (Å²) in [6, 6.07) is 7.06. The van der Waals surface area contributed by atoms with Crippen molar-refractivity contribution in [3.63, 3.8) is 0 Å². The Kier molecular flexibility index (Phi) is 5.03. The van der Waals surface area contributed by atoms with Crippen molar-refractivity contribution in [2.45, 2.75) is 38.3 Å². The second kappa shape index (κ2) is 7.51. The first-order chi connectivity index (χ1) is 13.8. The van der Waals surface area contributed by atoms with Crippen LogP contribution in [-0.2, 0) is 19.0 Å². The Hall–Kier alpha value is -2.88. The average Bonchev–Trinajstić information content (AvgIpc) is 3.20. The van der Waals surface area contributed by atoms with Gasteiger partial charge in [0.25, 0.3) is 5.91 Å². The lowest BCUT2D eigenvalue weighted by molar-refractivity contribution is -0.144. The van der Waals surface area contributed by atoms with Crippen molar-refractivity contribution in [1.29, 1.82) is 0 Å². The van der Waals surface area contributed by atoms with E-state index in [4.69, 9.17) is 11.6 Å². The standard InChI is InChI=1S/C18H16ClF3N6O/c19-10-6-8-11(9-7-10)28-13-5-3-1-2-4-12(13)14(27-28)15(29)23-17-24-16(25-26-17)18(20,21)22/h6-9H,1-5H2,(H2,23,24,25,26,29). The Labute approximate surface area is 168 Å². The third kappa shape index (κ3) is 3.98. The van der Waals surface area contributed by atoms with E-state index in [0.29, 0.717) is 11.4 Å². The largest absolute Gasteiger partial charge is 0.451 e. The maximum Gasteiger partial charge on any atom is 0.451 e. The normalized spacial score (nSPS) is 14.3. The molecule has 11 heteroatoms. The molecule has 1 aromatic carbocycles. The number of hydrogen-bond donors (Lipinski definition) is 2. The van der Waals surface area contributed by atoms with Crippen LogP contribution >= 0.6 is 11.6 Å². The number of nitrogens with one attached hydrogen (secondary N) is 2. The number of hydrogen-bond acceptors (Lipinski definition) is 4. The summed E-state index contributed by atoms with van der Waals surface area (Å²) >= 11 is 5.96. The van der Waals surface area contributed by atoms with Gasteiger partial charge in [-0.3, -0.25) is 15.2 Å². The van der Waals surface area contributed by atoms with Crippen LogP contribution in [0.25, 0.3) is 5.69 Å². The van der Waals surface area contributed by atoms with E-state index in [1.165, 1.54) is 0 Å². The molecule has 1 aliphatic carbocycles. The lowest BCUT2D eigenvalue weighted by Crippen LogP contribution is -2.16. The van der Waals surface area contributed by atoms with Gasteiger partial charge in [0.2, 0.25) is 11.8 Å². The van der Waals surface area contributed by atoms with E-state index in [0.717, 1.165) is 42.6 Å². The number of halogens is 4. The number of anilines is 1. The minimum Gasteiger partial charge on any atom is -0.288 e. The maximum atomic E-state index is 12.8. The lowest BCUT2D eigenvalue weighted by atomic mass is 10.1. The maximum absolute atomic E-state index is 12.8. The van der Waals surface area contributed by atoms with Crippen molar-refractivity contribution in [3.8, 4) is 5.69 Å². The molecular formula is C18H16ClF3N6O. The summed E-state index contributed by atoms with van der Waals surface area (Å²) in [4.78, 5) is 16.1. The molecule has 0 fully saturated rings. The van der Waals surface area contributed by atoms with Gasteiger partial charge in [-0.05, 0) is 49.9 Å².